The largest absolute Gasteiger partial charge is 0.490 e. The summed E-state index contributed by atoms with van der Waals surface area (Å²) in [4.78, 5) is 43.8. The van der Waals surface area contributed by atoms with Crippen molar-refractivity contribution < 1.29 is 14.3 Å². The Morgan fingerprint density at radius 1 is 1.08 bits per heavy atom. The summed E-state index contributed by atoms with van der Waals surface area (Å²) in [6.45, 7) is 2.26. The van der Waals surface area contributed by atoms with E-state index in [-0.39, 0.29) is 49.1 Å². The van der Waals surface area contributed by atoms with Gasteiger partial charge < -0.3 is 20.7 Å². The van der Waals surface area contributed by atoms with Crippen molar-refractivity contribution in [1.82, 2.24) is 29.5 Å². The highest BCUT2D eigenvalue weighted by Crippen LogP contribution is 2.30. The van der Waals surface area contributed by atoms with Crippen LogP contribution < -0.4 is 21.5 Å². The summed E-state index contributed by atoms with van der Waals surface area (Å²) in [6.07, 6.45) is 3.72. The summed E-state index contributed by atoms with van der Waals surface area (Å²) in [6, 6.07) is 21.0. The minimum Gasteiger partial charge on any atom is -0.490 e. The van der Waals surface area contributed by atoms with Gasteiger partial charge in [0.1, 0.15) is 11.4 Å². The van der Waals surface area contributed by atoms with Crippen LogP contribution in [0, 0.1) is 0 Å². The van der Waals surface area contributed by atoms with Gasteiger partial charge in [0.25, 0.3) is 11.8 Å². The summed E-state index contributed by atoms with van der Waals surface area (Å²) < 4.78 is 9.59. The van der Waals surface area contributed by atoms with Crippen molar-refractivity contribution >= 4 is 45.0 Å². The number of rotatable bonds is 8. The molecule has 1 unspecified atom stereocenters. The van der Waals surface area contributed by atoms with Gasteiger partial charge in [-0.25, -0.2) is 4.79 Å². The third-order valence-corrected chi connectivity index (χ3v) is 9.75. The lowest BCUT2D eigenvalue weighted by Crippen LogP contribution is -2.47. The summed E-state index contributed by atoms with van der Waals surface area (Å²) in [5.74, 6) is -0.0289. The maximum absolute atomic E-state index is 14.2. The van der Waals surface area contributed by atoms with Gasteiger partial charge in [0.05, 0.1) is 46.6 Å². The topological polar surface area (TPSA) is 137 Å². The molecule has 2 aliphatic rings. The van der Waals surface area contributed by atoms with Gasteiger partial charge in [-0.2, -0.15) is 10.2 Å². The number of nitrogens with two attached hydrogens (primary N) is 1. The number of hydrogen-bond acceptors (Lipinski definition) is 7. The van der Waals surface area contributed by atoms with Crippen molar-refractivity contribution in [3.05, 3.63) is 121 Å². The quantitative estimate of drug-likeness (QED) is 0.212. The standard InChI is InChI=1S/C35H31BrClN7O4/c1-20-18-43-31(19-42(20)34(46)21-6-13-28(36)29(37)14-21)32(44(35(43)47)24-7-9-25(10-8-24)48-26-11-12-26)33(45)39-16-22-4-2-3-5-27(22)30-15-23(38)17-40-41-30/h2-10,13-15,17,20,26H,11-12,16,18-19H2,1H3,(H2,38,41)(H,39,45). The fraction of sp³-hybridized carbons (Fsp3) is 0.229. The van der Waals surface area contributed by atoms with E-state index in [0.29, 0.717) is 43.6 Å². The molecule has 1 saturated carbocycles. The molecule has 1 aliphatic heterocycles. The van der Waals surface area contributed by atoms with Crippen LogP contribution in [0.1, 0.15) is 51.9 Å². The van der Waals surface area contributed by atoms with Crippen LogP contribution in [0.5, 0.6) is 5.75 Å². The molecule has 48 heavy (non-hydrogen) atoms. The van der Waals surface area contributed by atoms with Gasteiger partial charge in [0.2, 0.25) is 0 Å². The van der Waals surface area contributed by atoms with E-state index in [1.807, 2.05) is 31.2 Å². The molecule has 0 saturated heterocycles. The predicted octanol–water partition coefficient (Wildman–Crippen LogP) is 5.61. The maximum atomic E-state index is 14.2. The number of carbonyl (C=O) groups is 2. The second kappa shape index (κ2) is 12.9. The highest BCUT2D eigenvalue weighted by atomic mass is 79.9. The fourth-order valence-corrected chi connectivity index (χ4v) is 6.33. The van der Waals surface area contributed by atoms with Crippen molar-refractivity contribution in [1.29, 1.82) is 0 Å². The molecule has 244 valence electrons. The molecular formula is C35H31BrClN7O4. The first-order chi connectivity index (χ1) is 23.2. The first kappa shape index (κ1) is 31.6. The van der Waals surface area contributed by atoms with E-state index in [1.165, 1.54) is 10.8 Å². The van der Waals surface area contributed by atoms with Crippen molar-refractivity contribution in [2.45, 2.75) is 51.5 Å². The lowest BCUT2D eigenvalue weighted by Gasteiger charge is -2.34. The molecule has 2 aromatic heterocycles. The lowest BCUT2D eigenvalue weighted by molar-refractivity contribution is 0.0610. The lowest BCUT2D eigenvalue weighted by atomic mass is 10.0. The molecule has 1 aliphatic carbocycles. The first-order valence-corrected chi connectivity index (χ1v) is 16.7. The molecule has 1 atom stereocenters. The van der Waals surface area contributed by atoms with Crippen LogP contribution in [0.2, 0.25) is 5.02 Å². The summed E-state index contributed by atoms with van der Waals surface area (Å²) in [5, 5.41) is 11.6. The second-order valence-corrected chi connectivity index (χ2v) is 13.2. The van der Waals surface area contributed by atoms with E-state index < -0.39 is 5.91 Å². The minimum atomic E-state index is -0.471. The summed E-state index contributed by atoms with van der Waals surface area (Å²) in [7, 11) is 0. The van der Waals surface area contributed by atoms with E-state index in [2.05, 4.69) is 31.4 Å². The van der Waals surface area contributed by atoms with Crippen LogP contribution in [0.4, 0.5) is 5.69 Å². The Hall–Kier alpha value is -4.94. The third kappa shape index (κ3) is 6.20. The number of nitrogens with zero attached hydrogens (tertiary/aromatic N) is 5. The molecule has 7 rings (SSSR count). The average molecular weight is 729 g/mol. The smallest absolute Gasteiger partial charge is 0.333 e. The number of benzene rings is 3. The van der Waals surface area contributed by atoms with E-state index in [1.54, 1.807) is 58.0 Å². The van der Waals surface area contributed by atoms with Crippen LogP contribution >= 0.6 is 27.5 Å². The Morgan fingerprint density at radius 2 is 1.85 bits per heavy atom. The van der Waals surface area contributed by atoms with Gasteiger partial charge in [0, 0.05) is 34.7 Å². The molecule has 5 aromatic rings. The zero-order valence-corrected chi connectivity index (χ0v) is 28.2. The minimum absolute atomic E-state index is 0.0387. The molecule has 2 amide bonds. The number of carbonyl (C=O) groups excluding carboxylic acids is 2. The fourth-order valence-electron chi connectivity index (χ4n) is 5.91. The Balaban J connectivity index is 1.26. The van der Waals surface area contributed by atoms with Gasteiger partial charge in [0.15, 0.2) is 0 Å². The van der Waals surface area contributed by atoms with Crippen LogP contribution in [0.15, 0.2) is 88.3 Å². The molecule has 0 spiro atoms. The molecule has 11 nitrogen and oxygen atoms in total. The zero-order valence-electron chi connectivity index (χ0n) is 25.9. The monoisotopic (exact) mass is 727 g/mol. The van der Waals surface area contributed by atoms with E-state index in [0.717, 1.165) is 24.0 Å². The Morgan fingerprint density at radius 3 is 2.58 bits per heavy atom. The van der Waals surface area contributed by atoms with Crippen LogP contribution in [0.25, 0.3) is 16.9 Å². The number of anilines is 1. The van der Waals surface area contributed by atoms with Gasteiger partial charge in [-0.1, -0.05) is 35.9 Å². The highest BCUT2D eigenvalue weighted by Gasteiger charge is 2.35. The number of amides is 2. The molecule has 3 N–H and O–H groups in total. The van der Waals surface area contributed by atoms with Crippen molar-refractivity contribution in [3.8, 4) is 22.7 Å². The zero-order chi connectivity index (χ0) is 33.5. The molecule has 0 radical (unpaired) electrons. The van der Waals surface area contributed by atoms with Gasteiger partial charge in [-0.3, -0.25) is 18.7 Å². The maximum Gasteiger partial charge on any atom is 0.333 e. The van der Waals surface area contributed by atoms with E-state index in [9.17, 15) is 14.4 Å². The number of hydrogen-bond donors (Lipinski definition) is 2. The number of ether oxygens (including phenoxy) is 1. The van der Waals surface area contributed by atoms with Gasteiger partial charge in [-0.15, -0.1) is 0 Å². The van der Waals surface area contributed by atoms with Gasteiger partial charge in [-0.05, 0) is 89.8 Å². The first-order valence-electron chi connectivity index (χ1n) is 15.5. The second-order valence-electron chi connectivity index (χ2n) is 12.0. The third-order valence-electron chi connectivity index (χ3n) is 8.52. The Bertz CT molecular complexity index is 2110. The average Bonchev–Trinajstić information content (AvgIpc) is 3.86. The SMILES string of the molecule is CC1Cn2c(c(C(=O)NCc3ccccc3-c3cc(N)cnn3)n(-c3ccc(OC4CC4)cc3)c2=O)CN1C(=O)c1ccc(Br)c(Cl)c1. The Kier molecular flexibility index (Phi) is 8.52. The van der Waals surface area contributed by atoms with Crippen LogP contribution in [-0.4, -0.2) is 48.2 Å². The number of halogens is 2. The van der Waals surface area contributed by atoms with E-state index in [4.69, 9.17) is 22.1 Å². The normalized spacial score (nSPS) is 15.6. The number of imidazole rings is 1. The number of aromatic nitrogens is 4. The van der Waals surface area contributed by atoms with Gasteiger partial charge >= 0.3 is 5.69 Å². The Labute approximate surface area is 289 Å². The predicted molar refractivity (Wildman–Crippen MR) is 185 cm³/mol. The molecule has 1 fully saturated rings. The van der Waals surface area contributed by atoms with Crippen molar-refractivity contribution in [2.24, 2.45) is 0 Å². The number of fused-ring (bicyclic) bond motifs is 1. The van der Waals surface area contributed by atoms with Crippen molar-refractivity contribution in [2.75, 3.05) is 5.73 Å². The highest BCUT2D eigenvalue weighted by molar-refractivity contribution is 9.10. The molecule has 3 aromatic carbocycles. The molecule has 0 bridgehead atoms. The van der Waals surface area contributed by atoms with Crippen LogP contribution in [0.3, 0.4) is 0 Å². The van der Waals surface area contributed by atoms with E-state index >= 15 is 0 Å². The van der Waals surface area contributed by atoms with Crippen molar-refractivity contribution in [3.63, 3.8) is 0 Å². The summed E-state index contributed by atoms with van der Waals surface area (Å²) >= 11 is 9.69. The number of nitrogens with one attached hydrogen (secondary N) is 1. The summed E-state index contributed by atoms with van der Waals surface area (Å²) in [5.41, 5.74) is 9.68. The number of nitrogen functional groups attached to an aromatic ring is 1. The van der Waals surface area contributed by atoms with Crippen LogP contribution in [-0.2, 0) is 19.6 Å². The molecule has 3 heterocycles. The molecular weight excluding hydrogens is 698 g/mol. The molecule has 13 heteroatoms.